The van der Waals surface area contributed by atoms with Gasteiger partial charge >= 0.3 is 5.97 Å². The van der Waals surface area contributed by atoms with Crippen molar-refractivity contribution >= 4 is 5.97 Å². The van der Waals surface area contributed by atoms with Crippen LogP contribution in [-0.4, -0.2) is 18.7 Å². The van der Waals surface area contributed by atoms with Crippen molar-refractivity contribution in [1.29, 1.82) is 0 Å². The number of halogens is 4. The van der Waals surface area contributed by atoms with E-state index >= 15 is 0 Å². The number of esters is 1. The maximum Gasteiger partial charge on any atom is 0.344 e. The highest BCUT2D eigenvalue weighted by Gasteiger charge is 2.17. The van der Waals surface area contributed by atoms with Crippen LogP contribution in [0.15, 0.2) is 42.5 Å². The van der Waals surface area contributed by atoms with E-state index in [9.17, 15) is 22.4 Å². The van der Waals surface area contributed by atoms with E-state index in [0.717, 1.165) is 34.9 Å². The smallest absolute Gasteiger partial charge is 0.344 e. The van der Waals surface area contributed by atoms with Crippen molar-refractivity contribution in [2.75, 3.05) is 6.61 Å². The van der Waals surface area contributed by atoms with Gasteiger partial charge in [-0.2, -0.15) is 0 Å². The number of carbonyl (C=O) groups is 1. The molecule has 0 radical (unpaired) electrons. The van der Waals surface area contributed by atoms with E-state index in [1.165, 1.54) is 12.1 Å². The van der Waals surface area contributed by atoms with Gasteiger partial charge in [0.05, 0.1) is 6.10 Å². The molecule has 0 atom stereocenters. The van der Waals surface area contributed by atoms with Crippen molar-refractivity contribution < 1.29 is 31.8 Å². The van der Waals surface area contributed by atoms with Gasteiger partial charge in [-0.05, 0) is 92.6 Å². The maximum atomic E-state index is 15.0. The zero-order valence-corrected chi connectivity index (χ0v) is 19.5. The van der Waals surface area contributed by atoms with E-state index in [2.05, 4.69) is 0 Å². The average molecular weight is 474 g/mol. The van der Waals surface area contributed by atoms with E-state index in [1.54, 1.807) is 19.9 Å². The molecular weight excluding hydrogens is 448 g/mol. The van der Waals surface area contributed by atoms with Crippen molar-refractivity contribution in [2.45, 2.75) is 46.6 Å². The van der Waals surface area contributed by atoms with Crippen molar-refractivity contribution in [2.24, 2.45) is 0 Å². The Bertz CT molecular complexity index is 1180. The third kappa shape index (κ3) is 6.16. The van der Waals surface area contributed by atoms with Crippen LogP contribution in [0.4, 0.5) is 17.6 Å². The fourth-order valence-corrected chi connectivity index (χ4v) is 3.69. The van der Waals surface area contributed by atoms with Gasteiger partial charge in [-0.1, -0.05) is 12.1 Å². The van der Waals surface area contributed by atoms with Crippen molar-refractivity contribution in [3.63, 3.8) is 0 Å². The van der Waals surface area contributed by atoms with Gasteiger partial charge in [0.2, 0.25) is 0 Å². The summed E-state index contributed by atoms with van der Waals surface area (Å²) in [6.07, 6.45) is -0.0339. The summed E-state index contributed by atoms with van der Waals surface area (Å²) in [5, 5.41) is 0. The topological polar surface area (TPSA) is 35.5 Å². The van der Waals surface area contributed by atoms with Crippen molar-refractivity contribution in [3.05, 3.63) is 88.0 Å². The maximum absolute atomic E-state index is 15.0. The molecule has 3 aromatic rings. The Morgan fingerprint density at radius 1 is 0.882 bits per heavy atom. The third-order valence-electron chi connectivity index (χ3n) is 5.48. The van der Waals surface area contributed by atoms with Gasteiger partial charge in [-0.25, -0.2) is 22.4 Å². The molecule has 0 spiro atoms. The Kier molecular flexibility index (Phi) is 7.97. The van der Waals surface area contributed by atoms with Crippen LogP contribution in [0.25, 0.3) is 11.1 Å². The normalized spacial score (nSPS) is 11.1. The molecular formula is C27H26F4O3. The SMILES string of the molecule is Cc1cc(-c2cc(F)cc(F)c2)cc(CCc2c(F)ccc(OCC(=O)OC(C)C)c2F)c1C. The first-order valence-electron chi connectivity index (χ1n) is 10.9. The molecule has 0 aromatic heterocycles. The van der Waals surface area contributed by atoms with Crippen LogP contribution < -0.4 is 4.74 Å². The summed E-state index contributed by atoms with van der Waals surface area (Å²) in [6.45, 7) is 6.61. The summed E-state index contributed by atoms with van der Waals surface area (Å²) in [7, 11) is 0. The number of ether oxygens (including phenoxy) is 2. The van der Waals surface area contributed by atoms with Gasteiger partial charge < -0.3 is 9.47 Å². The van der Waals surface area contributed by atoms with E-state index in [1.807, 2.05) is 19.9 Å². The predicted octanol–water partition coefficient (Wildman–Crippen LogP) is 6.64. The summed E-state index contributed by atoms with van der Waals surface area (Å²) in [4.78, 5) is 11.7. The highest BCUT2D eigenvalue weighted by Crippen LogP contribution is 2.29. The van der Waals surface area contributed by atoms with Crippen LogP contribution >= 0.6 is 0 Å². The highest BCUT2D eigenvalue weighted by atomic mass is 19.1. The molecule has 0 bridgehead atoms. The molecule has 34 heavy (non-hydrogen) atoms. The molecule has 0 amide bonds. The van der Waals surface area contributed by atoms with E-state index in [0.29, 0.717) is 11.1 Å². The molecule has 0 fully saturated rings. The number of benzene rings is 3. The zero-order chi connectivity index (χ0) is 25.0. The predicted molar refractivity (Wildman–Crippen MR) is 122 cm³/mol. The molecule has 3 nitrogen and oxygen atoms in total. The minimum Gasteiger partial charge on any atom is -0.479 e. The molecule has 3 rings (SSSR count). The lowest BCUT2D eigenvalue weighted by molar-refractivity contribution is -0.149. The van der Waals surface area contributed by atoms with Gasteiger partial charge in [0, 0.05) is 11.6 Å². The third-order valence-corrected chi connectivity index (χ3v) is 5.48. The van der Waals surface area contributed by atoms with Gasteiger partial charge in [0.1, 0.15) is 17.5 Å². The second-order valence-corrected chi connectivity index (χ2v) is 8.40. The minimum absolute atomic E-state index is 0.0204. The second kappa shape index (κ2) is 10.7. The largest absolute Gasteiger partial charge is 0.479 e. The highest BCUT2D eigenvalue weighted by molar-refractivity contribution is 5.71. The Hall–Kier alpha value is -3.35. The molecule has 0 saturated heterocycles. The Labute approximate surface area is 196 Å². The summed E-state index contributed by atoms with van der Waals surface area (Å²) in [6, 6.07) is 9.09. The molecule has 7 heteroatoms. The Morgan fingerprint density at radius 2 is 1.53 bits per heavy atom. The summed E-state index contributed by atoms with van der Waals surface area (Å²) in [5.74, 6) is -3.88. The summed E-state index contributed by atoms with van der Waals surface area (Å²) < 4.78 is 67.0. The number of hydrogen-bond donors (Lipinski definition) is 0. The van der Waals surface area contributed by atoms with E-state index in [4.69, 9.17) is 9.47 Å². The van der Waals surface area contributed by atoms with Crippen LogP contribution in [0, 0.1) is 37.1 Å². The van der Waals surface area contributed by atoms with Gasteiger partial charge in [0.15, 0.2) is 18.2 Å². The quantitative estimate of drug-likeness (QED) is 0.271. The van der Waals surface area contributed by atoms with Crippen LogP contribution in [0.2, 0.25) is 0 Å². The molecule has 180 valence electrons. The molecule has 0 unspecified atom stereocenters. The lowest BCUT2D eigenvalue weighted by Gasteiger charge is -2.15. The van der Waals surface area contributed by atoms with E-state index in [-0.39, 0.29) is 30.3 Å². The van der Waals surface area contributed by atoms with Gasteiger partial charge in [0.25, 0.3) is 0 Å². The second-order valence-electron chi connectivity index (χ2n) is 8.40. The van der Waals surface area contributed by atoms with Crippen molar-refractivity contribution in [1.82, 2.24) is 0 Å². The standard InChI is InChI=1S/C27H26F4O3/c1-15(2)34-26(32)14-33-25-8-7-24(30)23(27(25)31)6-5-18-10-19(9-16(3)17(18)4)20-11-21(28)13-22(29)12-20/h7-13,15H,5-6,14H2,1-4H3. The Morgan fingerprint density at radius 3 is 2.18 bits per heavy atom. The first-order valence-corrected chi connectivity index (χ1v) is 10.9. The molecule has 0 N–H and O–H groups in total. The first kappa shape index (κ1) is 25.3. The lowest BCUT2D eigenvalue weighted by Crippen LogP contribution is -2.19. The zero-order valence-electron chi connectivity index (χ0n) is 19.5. The fraction of sp³-hybridized carbons (Fsp3) is 0.296. The summed E-state index contributed by atoms with van der Waals surface area (Å²) >= 11 is 0. The van der Waals surface area contributed by atoms with Crippen LogP contribution in [0.3, 0.4) is 0 Å². The number of carbonyl (C=O) groups excluding carboxylic acids is 1. The number of rotatable bonds is 8. The average Bonchev–Trinajstić information content (AvgIpc) is 2.74. The molecule has 0 heterocycles. The monoisotopic (exact) mass is 474 g/mol. The fourth-order valence-electron chi connectivity index (χ4n) is 3.69. The van der Waals surface area contributed by atoms with Crippen LogP contribution in [0.5, 0.6) is 5.75 Å². The number of hydrogen-bond acceptors (Lipinski definition) is 3. The van der Waals surface area contributed by atoms with Crippen molar-refractivity contribution in [3.8, 4) is 16.9 Å². The Balaban J connectivity index is 1.83. The molecule has 0 aliphatic carbocycles. The van der Waals surface area contributed by atoms with Crippen LogP contribution in [-0.2, 0) is 22.4 Å². The molecule has 0 aliphatic rings. The first-order chi connectivity index (χ1) is 16.0. The lowest BCUT2D eigenvalue weighted by atomic mass is 9.92. The van der Waals surface area contributed by atoms with E-state index < -0.39 is 35.8 Å². The molecule has 0 aliphatic heterocycles. The molecule has 0 saturated carbocycles. The number of aryl methyl sites for hydroxylation is 2. The summed E-state index contributed by atoms with van der Waals surface area (Å²) in [5.41, 5.74) is 3.42. The van der Waals surface area contributed by atoms with Gasteiger partial charge in [-0.3, -0.25) is 0 Å². The van der Waals surface area contributed by atoms with Crippen LogP contribution in [0.1, 0.15) is 36.1 Å². The van der Waals surface area contributed by atoms with Gasteiger partial charge in [-0.15, -0.1) is 0 Å². The minimum atomic E-state index is -0.880. The molecule has 3 aromatic carbocycles.